The zero-order valence-corrected chi connectivity index (χ0v) is 20.2. The van der Waals surface area contributed by atoms with Gasteiger partial charge < -0.3 is 25.2 Å². The van der Waals surface area contributed by atoms with Gasteiger partial charge in [0.2, 0.25) is 5.95 Å². The number of nitrogens with one attached hydrogen (secondary N) is 2. The first kappa shape index (κ1) is 23.9. The third-order valence-corrected chi connectivity index (χ3v) is 6.01. The molecule has 2 heterocycles. The van der Waals surface area contributed by atoms with E-state index in [0.717, 1.165) is 28.1 Å². The lowest BCUT2D eigenvalue weighted by molar-refractivity contribution is 0.146. The molecule has 0 saturated carbocycles. The molecule has 1 aliphatic rings. The molecule has 34 heavy (non-hydrogen) atoms. The molecule has 1 aliphatic heterocycles. The second kappa shape index (κ2) is 10.4. The van der Waals surface area contributed by atoms with Crippen molar-refractivity contribution in [3.63, 3.8) is 0 Å². The summed E-state index contributed by atoms with van der Waals surface area (Å²) in [5.74, 6) is 1.03. The maximum absolute atomic E-state index is 10.0. The molecule has 178 valence electrons. The molecule has 0 aliphatic carbocycles. The fourth-order valence-electron chi connectivity index (χ4n) is 3.91. The monoisotopic (exact) mass is 481 g/mol. The maximum Gasteiger partial charge on any atom is 0.227 e. The van der Waals surface area contributed by atoms with Crippen LogP contribution in [0.25, 0.3) is 11.3 Å². The van der Waals surface area contributed by atoms with Crippen LogP contribution >= 0.6 is 11.6 Å². The summed E-state index contributed by atoms with van der Waals surface area (Å²) in [7, 11) is 3.36. The van der Waals surface area contributed by atoms with E-state index >= 15 is 0 Å². The van der Waals surface area contributed by atoms with Gasteiger partial charge in [-0.25, -0.2) is 9.97 Å². The summed E-state index contributed by atoms with van der Waals surface area (Å²) in [6.07, 6.45) is 3.51. The van der Waals surface area contributed by atoms with Crippen molar-refractivity contribution in [2.75, 3.05) is 51.2 Å². The normalized spacial score (nSPS) is 17.0. The van der Waals surface area contributed by atoms with Crippen LogP contribution in [0.15, 0.2) is 47.6 Å². The lowest BCUT2D eigenvalue weighted by atomic mass is 9.83. The third-order valence-electron chi connectivity index (χ3n) is 5.78. The number of halogens is 1. The lowest BCUT2D eigenvalue weighted by Gasteiger charge is -2.21. The van der Waals surface area contributed by atoms with Crippen LogP contribution < -0.4 is 15.4 Å². The summed E-state index contributed by atoms with van der Waals surface area (Å²) in [5, 5.41) is 17.3. The molecule has 0 unspecified atom stereocenters. The van der Waals surface area contributed by atoms with Crippen molar-refractivity contribution >= 4 is 35.1 Å². The summed E-state index contributed by atoms with van der Waals surface area (Å²) in [5.41, 5.74) is 4.90. The Labute approximate surface area is 204 Å². The number of rotatable bonds is 9. The van der Waals surface area contributed by atoms with E-state index in [1.54, 1.807) is 38.6 Å². The van der Waals surface area contributed by atoms with Crippen molar-refractivity contribution in [2.24, 2.45) is 4.99 Å². The Kier molecular flexibility index (Phi) is 7.31. The number of anilines is 3. The van der Waals surface area contributed by atoms with E-state index < -0.39 is 0 Å². The van der Waals surface area contributed by atoms with Crippen LogP contribution in [-0.4, -0.2) is 61.8 Å². The van der Waals surface area contributed by atoms with Gasteiger partial charge in [0.25, 0.3) is 0 Å². The Hall–Kier alpha value is -3.20. The Morgan fingerprint density at radius 3 is 2.88 bits per heavy atom. The first-order valence-electron chi connectivity index (χ1n) is 10.9. The highest BCUT2D eigenvalue weighted by atomic mass is 35.5. The van der Waals surface area contributed by atoms with Crippen molar-refractivity contribution in [3.8, 4) is 17.0 Å². The molecule has 3 aromatic rings. The number of ether oxygens (including phenoxy) is 2. The van der Waals surface area contributed by atoms with E-state index in [1.807, 2.05) is 25.3 Å². The van der Waals surface area contributed by atoms with Crippen molar-refractivity contribution in [2.45, 2.75) is 12.3 Å². The van der Waals surface area contributed by atoms with E-state index in [2.05, 4.69) is 26.7 Å². The van der Waals surface area contributed by atoms with Crippen molar-refractivity contribution < 1.29 is 14.6 Å². The van der Waals surface area contributed by atoms with Gasteiger partial charge in [-0.15, -0.1) is 0 Å². The third kappa shape index (κ3) is 4.99. The number of hydrogen-bond acceptors (Lipinski definition) is 8. The molecular formula is C25H28ClN5O3. The number of aromatic nitrogens is 2. The molecule has 1 aromatic heterocycles. The molecular weight excluding hydrogens is 454 g/mol. The first-order chi connectivity index (χ1) is 16.5. The molecule has 0 radical (unpaired) electrons. The number of nitrogens with zero attached hydrogens (tertiary/aromatic N) is 3. The minimum atomic E-state index is -0.384. The zero-order valence-electron chi connectivity index (χ0n) is 19.4. The van der Waals surface area contributed by atoms with E-state index in [0.29, 0.717) is 42.2 Å². The van der Waals surface area contributed by atoms with Crippen LogP contribution in [0.3, 0.4) is 0 Å². The van der Waals surface area contributed by atoms with Crippen LogP contribution in [0.4, 0.5) is 17.3 Å². The largest absolute Gasteiger partial charge is 0.489 e. The predicted molar refractivity (Wildman–Crippen MR) is 136 cm³/mol. The molecule has 0 amide bonds. The highest BCUT2D eigenvalue weighted by molar-refractivity contribution is 6.31. The standard InChI is InChI=1S/C25H28ClN5O3/c1-25(15-32)14-29-23-17(13-27-2)10-16(11-19(23)25)20-6-7-28-24(30-20)31-21-12-18(26)4-5-22(21)34-9-8-33-3/h4-7,10-13,29,32H,8-9,14-15H2,1-3H3,(H,28,30,31)/b27-13-/t25-/m1/s1. The minimum Gasteiger partial charge on any atom is -0.489 e. The number of aliphatic hydroxyl groups is 1. The fourth-order valence-corrected chi connectivity index (χ4v) is 4.08. The van der Waals surface area contributed by atoms with Crippen LogP contribution in [0.1, 0.15) is 18.1 Å². The van der Waals surface area contributed by atoms with Gasteiger partial charge in [-0.05, 0) is 42.0 Å². The summed E-state index contributed by atoms with van der Waals surface area (Å²) < 4.78 is 10.9. The lowest BCUT2D eigenvalue weighted by Crippen LogP contribution is -2.28. The predicted octanol–water partition coefficient (Wildman–Crippen LogP) is 4.29. The highest BCUT2D eigenvalue weighted by Gasteiger charge is 2.35. The van der Waals surface area contributed by atoms with Crippen molar-refractivity contribution in [1.29, 1.82) is 0 Å². The van der Waals surface area contributed by atoms with Gasteiger partial charge in [0.05, 0.1) is 24.6 Å². The van der Waals surface area contributed by atoms with Gasteiger partial charge in [-0.3, -0.25) is 4.99 Å². The van der Waals surface area contributed by atoms with E-state index in [1.165, 1.54) is 0 Å². The maximum atomic E-state index is 10.0. The van der Waals surface area contributed by atoms with E-state index in [4.69, 9.17) is 26.1 Å². The molecule has 8 nitrogen and oxygen atoms in total. The molecule has 4 rings (SSSR count). The smallest absolute Gasteiger partial charge is 0.227 e. The molecule has 3 N–H and O–H groups in total. The fraction of sp³-hybridized carbons (Fsp3) is 0.320. The van der Waals surface area contributed by atoms with Crippen molar-refractivity contribution in [3.05, 3.63) is 58.7 Å². The number of fused-ring (bicyclic) bond motifs is 1. The summed E-state index contributed by atoms with van der Waals surface area (Å²) in [6, 6.07) is 11.3. The quantitative estimate of drug-likeness (QED) is 0.309. The topological polar surface area (TPSA) is 101 Å². The number of hydrogen-bond donors (Lipinski definition) is 3. The second-order valence-corrected chi connectivity index (χ2v) is 8.76. The van der Waals surface area contributed by atoms with E-state index in [-0.39, 0.29) is 12.0 Å². The Morgan fingerprint density at radius 1 is 1.26 bits per heavy atom. The first-order valence-corrected chi connectivity index (χ1v) is 11.3. The van der Waals surface area contributed by atoms with Gasteiger partial charge in [0.1, 0.15) is 12.4 Å². The number of aliphatic imine (C=N–C) groups is 1. The number of benzene rings is 2. The average Bonchev–Trinajstić information content (AvgIpc) is 3.18. The highest BCUT2D eigenvalue weighted by Crippen LogP contribution is 2.41. The molecule has 2 aromatic carbocycles. The van der Waals surface area contributed by atoms with Gasteiger partial charge >= 0.3 is 0 Å². The van der Waals surface area contributed by atoms with Gasteiger partial charge in [0.15, 0.2) is 0 Å². The molecule has 1 atom stereocenters. The van der Waals surface area contributed by atoms with Crippen LogP contribution in [0.2, 0.25) is 5.02 Å². The Balaban J connectivity index is 1.69. The van der Waals surface area contributed by atoms with Gasteiger partial charge in [-0.1, -0.05) is 18.5 Å². The molecule has 0 fully saturated rings. The summed E-state index contributed by atoms with van der Waals surface area (Å²) in [4.78, 5) is 13.3. The number of aliphatic hydroxyl groups excluding tert-OH is 1. The second-order valence-electron chi connectivity index (χ2n) is 8.32. The van der Waals surface area contributed by atoms with Gasteiger partial charge in [0, 0.05) is 60.4 Å². The summed E-state index contributed by atoms with van der Waals surface area (Å²) >= 11 is 6.21. The SMILES string of the molecule is C/N=C\c1cc(-c2ccnc(Nc3cc(Cl)ccc3OCCOC)n2)cc2c1NC[C@]2(C)CO. The Morgan fingerprint density at radius 2 is 2.12 bits per heavy atom. The van der Waals surface area contributed by atoms with Crippen LogP contribution in [-0.2, 0) is 10.2 Å². The minimum absolute atomic E-state index is 0.0381. The molecule has 0 saturated heterocycles. The number of methoxy groups -OCH3 is 1. The molecule has 9 heteroatoms. The van der Waals surface area contributed by atoms with Crippen molar-refractivity contribution in [1.82, 2.24) is 9.97 Å². The van der Waals surface area contributed by atoms with Crippen LogP contribution in [0, 0.1) is 0 Å². The average molecular weight is 482 g/mol. The summed E-state index contributed by atoms with van der Waals surface area (Å²) in [6.45, 7) is 3.61. The Bertz CT molecular complexity index is 1200. The van der Waals surface area contributed by atoms with E-state index in [9.17, 15) is 5.11 Å². The molecule has 0 spiro atoms. The van der Waals surface area contributed by atoms with Gasteiger partial charge in [-0.2, -0.15) is 0 Å². The molecule has 0 bridgehead atoms. The van der Waals surface area contributed by atoms with Crippen LogP contribution in [0.5, 0.6) is 5.75 Å². The zero-order chi connectivity index (χ0) is 24.1.